The van der Waals surface area contributed by atoms with Gasteiger partial charge in [-0.2, -0.15) is 0 Å². The summed E-state index contributed by atoms with van der Waals surface area (Å²) in [6, 6.07) is 4.15. The fraction of sp³-hybridized carbons (Fsp3) is 0.364. The predicted octanol–water partition coefficient (Wildman–Crippen LogP) is 3.96. The Morgan fingerprint density at radius 3 is 2.97 bits per heavy atom. The molecule has 4 aromatic rings. The SMILES string of the molecule is O=C(O)[C@@H]1[C@@H](Nc2nc(-c3c[nH]c4ncc(F)cc34)nn3cccc23)[C@@H]2CC[C@H]1C(F)(F)C2. The third-order valence-electron chi connectivity index (χ3n) is 6.97. The van der Waals surface area contributed by atoms with Crippen LogP contribution in [0.1, 0.15) is 19.3 Å². The summed E-state index contributed by atoms with van der Waals surface area (Å²) in [5, 5.41) is 18.0. The molecule has 3 N–H and O–H groups in total. The van der Waals surface area contributed by atoms with Crippen molar-refractivity contribution >= 4 is 28.3 Å². The smallest absolute Gasteiger partial charge is 0.309 e. The van der Waals surface area contributed by atoms with Crippen LogP contribution >= 0.6 is 0 Å². The van der Waals surface area contributed by atoms with Crippen molar-refractivity contribution in [2.24, 2.45) is 17.8 Å². The highest BCUT2D eigenvalue weighted by Gasteiger charge is 2.60. The largest absolute Gasteiger partial charge is 0.481 e. The zero-order valence-corrected chi connectivity index (χ0v) is 17.2. The molecule has 4 aromatic heterocycles. The van der Waals surface area contributed by atoms with Gasteiger partial charge in [0.1, 0.15) is 17.0 Å². The molecule has 4 heterocycles. The lowest BCUT2D eigenvalue weighted by Crippen LogP contribution is -2.59. The molecule has 11 heteroatoms. The molecule has 0 saturated heterocycles. The minimum atomic E-state index is -2.99. The van der Waals surface area contributed by atoms with Crippen molar-refractivity contribution in [3.63, 3.8) is 0 Å². The number of nitrogens with zero attached hydrogens (tertiary/aromatic N) is 4. The molecule has 3 aliphatic carbocycles. The number of anilines is 1. The van der Waals surface area contributed by atoms with E-state index in [1.165, 1.54) is 6.07 Å². The number of fused-ring (bicyclic) bond motifs is 5. The Morgan fingerprint density at radius 2 is 2.18 bits per heavy atom. The van der Waals surface area contributed by atoms with Crippen LogP contribution in [0.2, 0.25) is 0 Å². The molecule has 0 aliphatic heterocycles. The lowest BCUT2D eigenvalue weighted by molar-refractivity contribution is -0.182. The third-order valence-corrected chi connectivity index (χ3v) is 6.97. The highest BCUT2D eigenvalue weighted by molar-refractivity contribution is 5.92. The van der Waals surface area contributed by atoms with Crippen molar-refractivity contribution in [2.75, 3.05) is 5.32 Å². The summed E-state index contributed by atoms with van der Waals surface area (Å²) in [5.41, 5.74) is 1.57. The number of rotatable bonds is 4. The second kappa shape index (κ2) is 6.93. The molecule has 0 spiro atoms. The van der Waals surface area contributed by atoms with Gasteiger partial charge >= 0.3 is 5.97 Å². The Balaban J connectivity index is 1.45. The van der Waals surface area contributed by atoms with Crippen LogP contribution in [-0.2, 0) is 4.79 Å². The number of aliphatic carboxylic acids is 1. The molecule has 2 bridgehead atoms. The number of halogens is 3. The topological polar surface area (TPSA) is 108 Å². The van der Waals surface area contributed by atoms with Crippen molar-refractivity contribution in [2.45, 2.75) is 31.2 Å². The summed E-state index contributed by atoms with van der Waals surface area (Å²) in [5.74, 6) is -7.07. The Kier molecular flexibility index (Phi) is 4.20. The first-order valence-electron chi connectivity index (χ1n) is 10.7. The molecule has 0 aromatic carbocycles. The molecule has 0 unspecified atom stereocenters. The van der Waals surface area contributed by atoms with Crippen LogP contribution in [0.15, 0.2) is 36.8 Å². The van der Waals surface area contributed by atoms with Gasteiger partial charge in [0.05, 0.1) is 12.1 Å². The molecule has 3 aliphatic rings. The average Bonchev–Trinajstić information content (AvgIpc) is 3.40. The lowest BCUT2D eigenvalue weighted by atomic mass is 9.59. The summed E-state index contributed by atoms with van der Waals surface area (Å²) >= 11 is 0. The van der Waals surface area contributed by atoms with E-state index in [4.69, 9.17) is 0 Å². The second-order valence-corrected chi connectivity index (χ2v) is 8.82. The van der Waals surface area contributed by atoms with E-state index < -0.39 is 41.5 Å². The van der Waals surface area contributed by atoms with Crippen LogP contribution in [0.4, 0.5) is 19.0 Å². The molecular weight excluding hydrogens is 437 g/mol. The van der Waals surface area contributed by atoms with Gasteiger partial charge in [-0.15, -0.1) is 5.10 Å². The Bertz CT molecular complexity index is 1400. The quantitative estimate of drug-likeness (QED) is 0.429. The van der Waals surface area contributed by atoms with Gasteiger partial charge in [0.15, 0.2) is 11.6 Å². The number of aromatic amines is 1. The minimum absolute atomic E-state index is 0.191. The summed E-state index contributed by atoms with van der Waals surface area (Å²) in [4.78, 5) is 23.6. The highest BCUT2D eigenvalue weighted by atomic mass is 19.3. The summed E-state index contributed by atoms with van der Waals surface area (Å²) in [6.45, 7) is 0. The fourth-order valence-electron chi connectivity index (χ4n) is 5.51. The van der Waals surface area contributed by atoms with Crippen LogP contribution in [-0.4, -0.2) is 47.6 Å². The summed E-state index contributed by atoms with van der Waals surface area (Å²) in [7, 11) is 0. The van der Waals surface area contributed by atoms with Crippen molar-refractivity contribution in [1.82, 2.24) is 24.6 Å². The first kappa shape index (κ1) is 20.0. The zero-order chi connectivity index (χ0) is 22.9. The molecule has 3 fully saturated rings. The van der Waals surface area contributed by atoms with E-state index in [0.717, 1.165) is 6.20 Å². The van der Waals surface area contributed by atoms with Crippen molar-refractivity contribution in [3.05, 3.63) is 42.6 Å². The van der Waals surface area contributed by atoms with Crippen molar-refractivity contribution in [1.29, 1.82) is 0 Å². The van der Waals surface area contributed by atoms with Gasteiger partial charge in [0.25, 0.3) is 5.92 Å². The maximum absolute atomic E-state index is 14.5. The van der Waals surface area contributed by atoms with Gasteiger partial charge in [-0.1, -0.05) is 0 Å². The zero-order valence-electron chi connectivity index (χ0n) is 17.2. The van der Waals surface area contributed by atoms with Gasteiger partial charge in [-0.05, 0) is 37.0 Å². The number of carbonyl (C=O) groups is 1. The molecular formula is C22H19F3N6O2. The monoisotopic (exact) mass is 456 g/mol. The van der Waals surface area contributed by atoms with E-state index in [-0.39, 0.29) is 18.7 Å². The Hall–Kier alpha value is -3.63. The third kappa shape index (κ3) is 3.05. The molecule has 0 amide bonds. The van der Waals surface area contributed by atoms with E-state index in [1.54, 1.807) is 29.0 Å². The van der Waals surface area contributed by atoms with E-state index in [0.29, 0.717) is 34.4 Å². The number of alkyl halides is 2. The molecule has 0 radical (unpaired) electrons. The molecule has 8 nitrogen and oxygen atoms in total. The van der Waals surface area contributed by atoms with E-state index in [9.17, 15) is 23.1 Å². The molecule has 7 rings (SSSR count). The van der Waals surface area contributed by atoms with E-state index in [2.05, 4.69) is 25.4 Å². The van der Waals surface area contributed by atoms with Crippen molar-refractivity contribution < 1.29 is 23.1 Å². The predicted molar refractivity (Wildman–Crippen MR) is 112 cm³/mol. The lowest BCUT2D eigenvalue weighted by Gasteiger charge is -2.50. The number of nitrogens with one attached hydrogen (secondary N) is 2. The number of hydrogen-bond donors (Lipinski definition) is 3. The number of pyridine rings is 1. The molecule has 4 atom stereocenters. The van der Waals surface area contributed by atoms with Crippen LogP contribution in [0.25, 0.3) is 27.9 Å². The maximum atomic E-state index is 14.5. The van der Waals surface area contributed by atoms with Crippen LogP contribution in [0, 0.1) is 23.6 Å². The van der Waals surface area contributed by atoms with Crippen molar-refractivity contribution in [3.8, 4) is 11.4 Å². The fourth-order valence-corrected chi connectivity index (χ4v) is 5.51. The van der Waals surface area contributed by atoms with Crippen LogP contribution in [0.3, 0.4) is 0 Å². The average molecular weight is 456 g/mol. The molecule has 170 valence electrons. The number of carboxylic acids is 1. The van der Waals surface area contributed by atoms with Gasteiger partial charge in [0.2, 0.25) is 0 Å². The standard InChI is InChI=1S/C22H19F3N6O2/c23-11-6-12-13(9-27-18(12)26-8-11)19-29-20(15-2-1-5-31(15)30-19)28-17-10-3-4-14(16(17)21(32)33)22(24,25)7-10/h1-2,5-6,8-10,14,16-17H,3-4,7H2,(H,26,27)(H,32,33)(H,28,29,30)/t10-,14-,16+,17+/m1/s1. The minimum Gasteiger partial charge on any atom is -0.481 e. The van der Waals surface area contributed by atoms with E-state index in [1.807, 2.05) is 0 Å². The van der Waals surface area contributed by atoms with Gasteiger partial charge in [-0.3, -0.25) is 4.79 Å². The number of aromatic nitrogens is 5. The normalized spacial score (nSPS) is 26.2. The first-order chi connectivity index (χ1) is 15.8. The van der Waals surface area contributed by atoms with Crippen LogP contribution < -0.4 is 5.32 Å². The van der Waals surface area contributed by atoms with Gasteiger partial charge < -0.3 is 15.4 Å². The van der Waals surface area contributed by atoms with E-state index >= 15 is 0 Å². The summed E-state index contributed by atoms with van der Waals surface area (Å²) < 4.78 is 44.4. The summed E-state index contributed by atoms with van der Waals surface area (Å²) in [6.07, 6.45) is 4.80. The van der Waals surface area contributed by atoms with Gasteiger partial charge in [0, 0.05) is 41.7 Å². The number of hydrogen-bond acceptors (Lipinski definition) is 5. The Morgan fingerprint density at radius 1 is 1.33 bits per heavy atom. The first-order valence-corrected chi connectivity index (χ1v) is 10.7. The Labute approximate surface area is 184 Å². The molecule has 3 saturated carbocycles. The highest BCUT2D eigenvalue weighted by Crippen LogP contribution is 2.54. The molecule has 33 heavy (non-hydrogen) atoms. The number of H-pyrrole nitrogens is 1. The van der Waals surface area contributed by atoms with Gasteiger partial charge in [-0.25, -0.2) is 27.7 Å². The second-order valence-electron chi connectivity index (χ2n) is 8.82. The maximum Gasteiger partial charge on any atom is 0.309 e. The number of carboxylic acid groups (broad SMARTS) is 1. The van der Waals surface area contributed by atoms with Crippen LogP contribution in [0.5, 0.6) is 0 Å².